The van der Waals surface area contributed by atoms with Crippen molar-refractivity contribution in [1.82, 2.24) is 0 Å². The summed E-state index contributed by atoms with van der Waals surface area (Å²) in [5, 5.41) is 8.80. The third-order valence-corrected chi connectivity index (χ3v) is 8.45. The molecule has 0 saturated carbocycles. The van der Waals surface area contributed by atoms with E-state index in [0.29, 0.717) is 0 Å². The van der Waals surface area contributed by atoms with Crippen molar-refractivity contribution in [3.63, 3.8) is 0 Å². The summed E-state index contributed by atoms with van der Waals surface area (Å²) in [6.45, 7) is 0. The van der Waals surface area contributed by atoms with Crippen molar-refractivity contribution in [2.45, 2.75) is 0 Å². The van der Waals surface area contributed by atoms with E-state index < -0.39 is 0 Å². The van der Waals surface area contributed by atoms with E-state index in [9.17, 15) is 0 Å². The van der Waals surface area contributed by atoms with Crippen LogP contribution in [0.5, 0.6) is 0 Å². The molecule has 1 nitrogen and oxygen atoms in total. The molecule has 0 fully saturated rings. The van der Waals surface area contributed by atoms with E-state index in [0.717, 1.165) is 11.2 Å². The highest BCUT2D eigenvalue weighted by atomic mass is 32.1. The lowest BCUT2D eigenvalue weighted by Crippen LogP contribution is -1.89. The van der Waals surface area contributed by atoms with E-state index in [1.165, 1.54) is 64.0 Å². The number of furan rings is 1. The lowest BCUT2D eigenvalue weighted by Gasteiger charge is -2.16. The molecule has 0 aliphatic heterocycles. The Balaban J connectivity index is 1.52. The number of rotatable bonds is 2. The largest absolute Gasteiger partial charge is 0.456 e. The van der Waals surface area contributed by atoms with E-state index >= 15 is 0 Å². The minimum absolute atomic E-state index is 0.943. The molecule has 0 unspecified atom stereocenters. The summed E-state index contributed by atoms with van der Waals surface area (Å²) in [6, 6.07) is 43.5. The minimum Gasteiger partial charge on any atom is -0.456 e. The lowest BCUT2D eigenvalue weighted by molar-refractivity contribution is 0.669. The van der Waals surface area contributed by atoms with Crippen LogP contribution in [0.1, 0.15) is 0 Å². The van der Waals surface area contributed by atoms with Crippen LogP contribution in [0, 0.1) is 0 Å². The van der Waals surface area contributed by atoms with Crippen LogP contribution in [-0.4, -0.2) is 0 Å². The van der Waals surface area contributed by atoms with Gasteiger partial charge in [0.2, 0.25) is 0 Å². The average molecular weight is 477 g/mol. The average Bonchev–Trinajstić information content (AvgIpc) is 3.53. The first kappa shape index (κ1) is 19.9. The number of hydrogen-bond acceptors (Lipinski definition) is 2. The molecule has 36 heavy (non-hydrogen) atoms. The van der Waals surface area contributed by atoms with Crippen LogP contribution in [0.3, 0.4) is 0 Å². The van der Waals surface area contributed by atoms with Gasteiger partial charge < -0.3 is 4.42 Å². The van der Waals surface area contributed by atoms with Gasteiger partial charge in [0.05, 0.1) is 0 Å². The molecule has 2 aromatic heterocycles. The van der Waals surface area contributed by atoms with Gasteiger partial charge in [0, 0.05) is 25.9 Å². The minimum atomic E-state index is 0.943. The Bertz CT molecular complexity index is 2040. The molecule has 2 heterocycles. The van der Waals surface area contributed by atoms with Gasteiger partial charge >= 0.3 is 0 Å². The number of fused-ring (bicyclic) bond motifs is 7. The van der Waals surface area contributed by atoms with Gasteiger partial charge in [-0.1, -0.05) is 97.1 Å². The predicted molar refractivity (Wildman–Crippen MR) is 155 cm³/mol. The molecule has 8 aromatic rings. The summed E-state index contributed by atoms with van der Waals surface area (Å²) in [5.41, 5.74) is 5.75. The van der Waals surface area contributed by atoms with E-state index in [-0.39, 0.29) is 0 Å². The number of para-hydroxylation sites is 1. The van der Waals surface area contributed by atoms with Gasteiger partial charge in [-0.2, -0.15) is 0 Å². The summed E-state index contributed by atoms with van der Waals surface area (Å²) < 4.78 is 7.47. The molecule has 0 aliphatic carbocycles. The molecule has 2 heteroatoms. The standard InChI is InChI=1S/C34H20OS/c1-2-10-21(11-3-1)31-23-12-4-6-14-25(23)32(26-15-7-5-13-24(26)31)30-20-22-18-19-29-33(34(22)36-30)27-16-8-9-17-28(27)35-29/h1-20H. The Morgan fingerprint density at radius 3 is 1.75 bits per heavy atom. The van der Waals surface area contributed by atoms with Crippen LogP contribution < -0.4 is 0 Å². The van der Waals surface area contributed by atoms with Crippen LogP contribution in [-0.2, 0) is 0 Å². The van der Waals surface area contributed by atoms with Crippen molar-refractivity contribution >= 4 is 64.9 Å². The second kappa shape index (κ2) is 7.55. The molecule has 6 aromatic carbocycles. The SMILES string of the molecule is c1ccc(-c2c3ccccc3c(-c3cc4ccc5oc6ccccc6c5c4s3)c3ccccc23)cc1. The predicted octanol–water partition coefficient (Wildman–Crippen LogP) is 10.4. The Labute approximate surface area is 211 Å². The summed E-state index contributed by atoms with van der Waals surface area (Å²) >= 11 is 1.87. The molecule has 0 N–H and O–H groups in total. The number of hydrogen-bond donors (Lipinski definition) is 0. The van der Waals surface area contributed by atoms with Crippen LogP contribution in [0.15, 0.2) is 126 Å². The lowest BCUT2D eigenvalue weighted by atomic mass is 9.88. The number of thiophene rings is 1. The maximum absolute atomic E-state index is 6.19. The van der Waals surface area contributed by atoms with Gasteiger partial charge in [0.25, 0.3) is 0 Å². The molecule has 0 bridgehead atoms. The second-order valence-corrected chi connectivity index (χ2v) is 10.3. The molecule has 168 valence electrons. The van der Waals surface area contributed by atoms with Crippen molar-refractivity contribution in [2.75, 3.05) is 0 Å². The first-order chi connectivity index (χ1) is 17.9. The Morgan fingerprint density at radius 2 is 1.06 bits per heavy atom. The Kier molecular flexibility index (Phi) is 4.16. The van der Waals surface area contributed by atoms with E-state index in [4.69, 9.17) is 4.42 Å². The Morgan fingerprint density at radius 1 is 0.472 bits per heavy atom. The van der Waals surface area contributed by atoms with Gasteiger partial charge in [-0.15, -0.1) is 11.3 Å². The molecule has 8 rings (SSSR count). The smallest absolute Gasteiger partial charge is 0.136 e. The van der Waals surface area contributed by atoms with Gasteiger partial charge in [-0.25, -0.2) is 0 Å². The highest BCUT2D eigenvalue weighted by Crippen LogP contribution is 2.48. The second-order valence-electron chi connectivity index (χ2n) is 9.27. The van der Waals surface area contributed by atoms with E-state index in [1.54, 1.807) is 0 Å². The van der Waals surface area contributed by atoms with Gasteiger partial charge in [0.1, 0.15) is 11.2 Å². The van der Waals surface area contributed by atoms with Crippen molar-refractivity contribution < 1.29 is 4.42 Å². The molecule has 0 amide bonds. The van der Waals surface area contributed by atoms with Gasteiger partial charge in [-0.3, -0.25) is 0 Å². The van der Waals surface area contributed by atoms with Gasteiger partial charge in [0.15, 0.2) is 0 Å². The quantitative estimate of drug-likeness (QED) is 0.226. The van der Waals surface area contributed by atoms with Crippen molar-refractivity contribution in [1.29, 1.82) is 0 Å². The molecule has 0 atom stereocenters. The normalized spacial score (nSPS) is 11.9. The highest BCUT2D eigenvalue weighted by Gasteiger charge is 2.19. The van der Waals surface area contributed by atoms with Crippen molar-refractivity contribution in [3.05, 3.63) is 121 Å². The summed E-state index contributed by atoms with van der Waals surface area (Å²) in [6.07, 6.45) is 0. The third kappa shape index (κ3) is 2.76. The summed E-state index contributed by atoms with van der Waals surface area (Å²) in [4.78, 5) is 1.29. The Hall–Kier alpha value is -4.40. The zero-order chi connectivity index (χ0) is 23.6. The maximum Gasteiger partial charge on any atom is 0.136 e. The summed E-state index contributed by atoms with van der Waals surface area (Å²) in [7, 11) is 0. The summed E-state index contributed by atoms with van der Waals surface area (Å²) in [5.74, 6) is 0. The molecule has 0 aliphatic rings. The maximum atomic E-state index is 6.19. The molecule has 0 spiro atoms. The fraction of sp³-hybridized carbons (Fsp3) is 0. The fourth-order valence-electron chi connectivity index (χ4n) is 5.74. The first-order valence-corrected chi connectivity index (χ1v) is 13.0. The third-order valence-electron chi connectivity index (χ3n) is 7.27. The topological polar surface area (TPSA) is 13.1 Å². The fourth-order valence-corrected chi connectivity index (χ4v) is 7.02. The molecular weight excluding hydrogens is 456 g/mol. The van der Waals surface area contributed by atoms with E-state index in [2.05, 4.69) is 115 Å². The van der Waals surface area contributed by atoms with Gasteiger partial charge in [-0.05, 0) is 62.3 Å². The molecule has 0 radical (unpaired) electrons. The highest BCUT2D eigenvalue weighted by molar-refractivity contribution is 7.23. The van der Waals surface area contributed by atoms with Crippen LogP contribution in [0.2, 0.25) is 0 Å². The van der Waals surface area contributed by atoms with E-state index in [1.807, 2.05) is 17.4 Å². The zero-order valence-corrected chi connectivity index (χ0v) is 20.2. The molecular formula is C34H20OS. The molecule has 0 saturated heterocycles. The zero-order valence-electron chi connectivity index (χ0n) is 19.4. The monoisotopic (exact) mass is 476 g/mol. The van der Waals surface area contributed by atoms with Crippen LogP contribution in [0.4, 0.5) is 0 Å². The first-order valence-electron chi connectivity index (χ1n) is 12.2. The van der Waals surface area contributed by atoms with Crippen LogP contribution >= 0.6 is 11.3 Å². The van der Waals surface area contributed by atoms with Crippen molar-refractivity contribution in [2.24, 2.45) is 0 Å². The van der Waals surface area contributed by atoms with Crippen molar-refractivity contribution in [3.8, 4) is 21.6 Å². The van der Waals surface area contributed by atoms with Crippen LogP contribution in [0.25, 0.3) is 75.1 Å². The number of benzene rings is 6.